The number of aryl methyl sites for hydroxylation is 1. The lowest BCUT2D eigenvalue weighted by molar-refractivity contribution is 0.206. The summed E-state index contributed by atoms with van der Waals surface area (Å²) in [6.07, 6.45) is 9.33. The number of likely N-dealkylation sites (tertiary alicyclic amines) is 1. The number of pyridine rings is 1. The number of aromatic nitrogens is 1. The molecule has 0 aliphatic carbocycles. The van der Waals surface area contributed by atoms with Crippen molar-refractivity contribution in [1.29, 1.82) is 0 Å². The molecule has 18 heavy (non-hydrogen) atoms. The molecule has 2 atom stereocenters. The van der Waals surface area contributed by atoms with E-state index >= 15 is 0 Å². The molecular formula is C15H23N3. The van der Waals surface area contributed by atoms with E-state index in [2.05, 4.69) is 28.2 Å². The van der Waals surface area contributed by atoms with Gasteiger partial charge in [-0.25, -0.2) is 0 Å². The summed E-state index contributed by atoms with van der Waals surface area (Å²) in [6, 6.07) is 3.59. The average Bonchev–Trinajstić information content (AvgIpc) is 3.02. The van der Waals surface area contributed by atoms with Crippen molar-refractivity contribution in [3.63, 3.8) is 0 Å². The second-order valence-electron chi connectivity index (χ2n) is 5.69. The Morgan fingerprint density at radius 3 is 3.11 bits per heavy atom. The Morgan fingerprint density at radius 1 is 1.39 bits per heavy atom. The second kappa shape index (κ2) is 5.37. The minimum Gasteiger partial charge on any atom is -0.312 e. The van der Waals surface area contributed by atoms with Crippen molar-refractivity contribution in [2.45, 2.75) is 51.2 Å². The van der Waals surface area contributed by atoms with E-state index in [9.17, 15) is 0 Å². The fourth-order valence-electron chi connectivity index (χ4n) is 3.42. The largest absolute Gasteiger partial charge is 0.312 e. The van der Waals surface area contributed by atoms with Crippen LogP contribution in [-0.4, -0.2) is 35.1 Å². The van der Waals surface area contributed by atoms with E-state index in [4.69, 9.17) is 0 Å². The summed E-state index contributed by atoms with van der Waals surface area (Å²) in [4.78, 5) is 6.93. The lowest BCUT2D eigenvalue weighted by atomic mass is 10.0. The van der Waals surface area contributed by atoms with Gasteiger partial charge < -0.3 is 5.32 Å². The lowest BCUT2D eigenvalue weighted by Gasteiger charge is -2.29. The topological polar surface area (TPSA) is 28.2 Å². The van der Waals surface area contributed by atoms with E-state index in [1.807, 2.05) is 12.4 Å². The summed E-state index contributed by atoms with van der Waals surface area (Å²) in [7, 11) is 0. The van der Waals surface area contributed by atoms with Gasteiger partial charge >= 0.3 is 0 Å². The van der Waals surface area contributed by atoms with Crippen molar-refractivity contribution in [2.75, 3.05) is 13.1 Å². The van der Waals surface area contributed by atoms with Crippen LogP contribution in [0.1, 0.15) is 36.8 Å². The quantitative estimate of drug-likeness (QED) is 0.884. The first-order valence-corrected chi connectivity index (χ1v) is 7.21. The molecule has 0 aromatic carbocycles. The first-order valence-electron chi connectivity index (χ1n) is 7.21. The minimum absolute atomic E-state index is 0.726. The Bertz CT molecular complexity index is 398. The summed E-state index contributed by atoms with van der Waals surface area (Å²) in [6.45, 7) is 5.72. The van der Waals surface area contributed by atoms with Crippen molar-refractivity contribution in [2.24, 2.45) is 0 Å². The van der Waals surface area contributed by atoms with Crippen molar-refractivity contribution in [3.8, 4) is 0 Å². The van der Waals surface area contributed by atoms with Crippen LogP contribution in [0.5, 0.6) is 0 Å². The van der Waals surface area contributed by atoms with Crippen LogP contribution in [0, 0.1) is 6.92 Å². The highest BCUT2D eigenvalue weighted by atomic mass is 15.2. The molecule has 3 rings (SSSR count). The molecule has 0 amide bonds. The van der Waals surface area contributed by atoms with Crippen LogP contribution < -0.4 is 5.32 Å². The fraction of sp³-hybridized carbons (Fsp3) is 0.667. The van der Waals surface area contributed by atoms with Crippen molar-refractivity contribution in [3.05, 3.63) is 29.6 Å². The van der Waals surface area contributed by atoms with Gasteiger partial charge in [-0.15, -0.1) is 0 Å². The van der Waals surface area contributed by atoms with E-state index in [0.717, 1.165) is 18.6 Å². The number of nitrogens with one attached hydrogen (secondary N) is 1. The maximum Gasteiger partial charge on any atom is 0.0315 e. The molecule has 98 valence electrons. The van der Waals surface area contributed by atoms with E-state index in [1.165, 1.54) is 49.9 Å². The normalized spacial score (nSPS) is 28.9. The van der Waals surface area contributed by atoms with Crippen LogP contribution >= 0.6 is 0 Å². The highest BCUT2D eigenvalue weighted by Crippen LogP contribution is 2.26. The van der Waals surface area contributed by atoms with Crippen LogP contribution in [0.3, 0.4) is 0 Å². The maximum atomic E-state index is 4.27. The van der Waals surface area contributed by atoms with E-state index < -0.39 is 0 Å². The zero-order valence-electron chi connectivity index (χ0n) is 11.2. The van der Waals surface area contributed by atoms with Crippen molar-refractivity contribution < 1.29 is 0 Å². The lowest BCUT2D eigenvalue weighted by Crippen LogP contribution is -2.43. The predicted octanol–water partition coefficient (Wildman–Crippen LogP) is 2.11. The van der Waals surface area contributed by atoms with Crippen LogP contribution in [0.15, 0.2) is 18.5 Å². The average molecular weight is 245 g/mol. The highest BCUT2D eigenvalue weighted by molar-refractivity contribution is 5.21. The zero-order chi connectivity index (χ0) is 12.4. The number of hydrogen-bond donors (Lipinski definition) is 1. The highest BCUT2D eigenvalue weighted by Gasteiger charge is 2.33. The van der Waals surface area contributed by atoms with Crippen LogP contribution in [-0.2, 0) is 6.54 Å². The molecular weight excluding hydrogens is 222 g/mol. The van der Waals surface area contributed by atoms with Gasteiger partial charge in [0.25, 0.3) is 0 Å². The van der Waals surface area contributed by atoms with Gasteiger partial charge in [0, 0.05) is 31.0 Å². The van der Waals surface area contributed by atoms with Gasteiger partial charge in [0.05, 0.1) is 0 Å². The second-order valence-corrected chi connectivity index (χ2v) is 5.69. The summed E-state index contributed by atoms with van der Waals surface area (Å²) >= 11 is 0. The monoisotopic (exact) mass is 245 g/mol. The Balaban J connectivity index is 1.69. The van der Waals surface area contributed by atoms with Gasteiger partial charge in [-0.05, 0) is 62.9 Å². The molecule has 2 saturated heterocycles. The van der Waals surface area contributed by atoms with Crippen LogP contribution in [0.4, 0.5) is 0 Å². The molecule has 3 heteroatoms. The van der Waals surface area contributed by atoms with Crippen molar-refractivity contribution >= 4 is 0 Å². The van der Waals surface area contributed by atoms with Gasteiger partial charge in [-0.3, -0.25) is 9.88 Å². The fourth-order valence-corrected chi connectivity index (χ4v) is 3.42. The predicted molar refractivity (Wildman–Crippen MR) is 73.4 cm³/mol. The molecule has 2 aliphatic rings. The van der Waals surface area contributed by atoms with Gasteiger partial charge in [0.2, 0.25) is 0 Å². The Morgan fingerprint density at radius 2 is 2.33 bits per heavy atom. The van der Waals surface area contributed by atoms with Gasteiger partial charge in [0.1, 0.15) is 0 Å². The third-order valence-electron chi connectivity index (χ3n) is 4.50. The van der Waals surface area contributed by atoms with Crippen molar-refractivity contribution in [1.82, 2.24) is 15.2 Å². The molecule has 0 saturated carbocycles. The number of rotatable bonds is 3. The molecule has 3 nitrogen and oxygen atoms in total. The maximum absolute atomic E-state index is 4.27. The molecule has 1 aromatic rings. The zero-order valence-corrected chi connectivity index (χ0v) is 11.2. The summed E-state index contributed by atoms with van der Waals surface area (Å²) in [5, 5.41) is 3.67. The Hall–Kier alpha value is -0.930. The standard InChI is InChI=1S/C15H23N3/c1-12-6-8-16-10-13(12)11-18-9-3-5-15(18)14-4-2-7-17-14/h6,8,10,14-15,17H,2-5,7,9,11H2,1H3. The number of hydrogen-bond acceptors (Lipinski definition) is 3. The molecule has 1 aromatic heterocycles. The summed E-state index contributed by atoms with van der Waals surface area (Å²) in [5.41, 5.74) is 2.76. The van der Waals surface area contributed by atoms with Crippen LogP contribution in [0.2, 0.25) is 0 Å². The third kappa shape index (κ3) is 2.43. The van der Waals surface area contributed by atoms with E-state index in [-0.39, 0.29) is 0 Å². The molecule has 1 N–H and O–H groups in total. The number of nitrogens with zero attached hydrogens (tertiary/aromatic N) is 2. The van der Waals surface area contributed by atoms with E-state index in [0.29, 0.717) is 0 Å². The molecule has 0 bridgehead atoms. The Kier molecular flexibility index (Phi) is 3.62. The van der Waals surface area contributed by atoms with Crippen LogP contribution in [0.25, 0.3) is 0 Å². The third-order valence-corrected chi connectivity index (χ3v) is 4.50. The molecule has 2 aliphatic heterocycles. The summed E-state index contributed by atoms with van der Waals surface area (Å²) in [5.74, 6) is 0. The van der Waals surface area contributed by atoms with Gasteiger partial charge in [-0.1, -0.05) is 0 Å². The smallest absolute Gasteiger partial charge is 0.0315 e. The molecule has 2 fully saturated rings. The Labute approximate surface area is 110 Å². The SMILES string of the molecule is Cc1ccncc1CN1CCCC1C1CCCN1. The first-order chi connectivity index (χ1) is 8.84. The molecule has 3 heterocycles. The minimum atomic E-state index is 0.726. The summed E-state index contributed by atoms with van der Waals surface area (Å²) < 4.78 is 0. The van der Waals surface area contributed by atoms with Gasteiger partial charge in [0.15, 0.2) is 0 Å². The van der Waals surface area contributed by atoms with Gasteiger partial charge in [-0.2, -0.15) is 0 Å². The molecule has 2 unspecified atom stereocenters. The first kappa shape index (κ1) is 12.1. The molecule has 0 radical (unpaired) electrons. The molecule has 0 spiro atoms. The van der Waals surface area contributed by atoms with E-state index in [1.54, 1.807) is 0 Å².